The van der Waals surface area contributed by atoms with Gasteiger partial charge in [0.1, 0.15) is 5.52 Å². The summed E-state index contributed by atoms with van der Waals surface area (Å²) in [5.41, 5.74) is 4.72. The van der Waals surface area contributed by atoms with Crippen molar-refractivity contribution < 1.29 is 4.79 Å². The largest absolute Gasteiger partial charge is 0.351 e. The van der Waals surface area contributed by atoms with Gasteiger partial charge in [-0.1, -0.05) is 36.4 Å². The standard InChI is InChI=1S/C22H22N4O/c1-14-7-6-10-18-19(14)25-21-17(22(27)23-11-12-26(2)3)13-15-8-4-5-9-16(15)20(21)24-18/h4-10,13H,11-12H2,1-3H3,(H,23,27). The lowest BCUT2D eigenvalue weighted by Crippen LogP contribution is -2.31. The number of rotatable bonds is 4. The SMILES string of the molecule is Cc1cccc2nc3c(nc12)c(C(=O)NCCN(C)C)cc1ccccc13. The van der Waals surface area contributed by atoms with E-state index < -0.39 is 0 Å². The summed E-state index contributed by atoms with van der Waals surface area (Å²) < 4.78 is 0. The van der Waals surface area contributed by atoms with Gasteiger partial charge in [0, 0.05) is 18.5 Å². The number of likely N-dealkylation sites (N-methyl/N-ethyl adjacent to an activating group) is 1. The number of aryl methyl sites for hydroxylation is 1. The van der Waals surface area contributed by atoms with Gasteiger partial charge in [-0.3, -0.25) is 4.79 Å². The maximum Gasteiger partial charge on any atom is 0.253 e. The fourth-order valence-electron chi connectivity index (χ4n) is 3.32. The molecule has 136 valence electrons. The zero-order chi connectivity index (χ0) is 19.0. The van der Waals surface area contributed by atoms with Crippen LogP contribution in [0.3, 0.4) is 0 Å². The number of fused-ring (bicyclic) bond motifs is 4. The highest BCUT2D eigenvalue weighted by atomic mass is 16.1. The van der Waals surface area contributed by atoms with Crippen LogP contribution in [0.15, 0.2) is 48.5 Å². The number of nitrogens with one attached hydrogen (secondary N) is 1. The number of benzene rings is 3. The molecule has 27 heavy (non-hydrogen) atoms. The quantitative estimate of drug-likeness (QED) is 0.448. The van der Waals surface area contributed by atoms with E-state index in [0.717, 1.165) is 39.4 Å². The van der Waals surface area contributed by atoms with Crippen LogP contribution in [0.4, 0.5) is 0 Å². The third kappa shape index (κ3) is 3.22. The Morgan fingerprint density at radius 3 is 2.63 bits per heavy atom. The van der Waals surface area contributed by atoms with Gasteiger partial charge in [-0.05, 0) is 44.1 Å². The minimum atomic E-state index is -0.116. The summed E-state index contributed by atoms with van der Waals surface area (Å²) in [6, 6.07) is 15.9. The molecule has 0 unspecified atom stereocenters. The number of hydrogen-bond acceptors (Lipinski definition) is 4. The van der Waals surface area contributed by atoms with Crippen LogP contribution in [-0.2, 0) is 0 Å². The van der Waals surface area contributed by atoms with Crippen molar-refractivity contribution in [1.29, 1.82) is 0 Å². The molecule has 3 aromatic carbocycles. The molecule has 4 aromatic rings. The van der Waals surface area contributed by atoms with Gasteiger partial charge in [0.05, 0.1) is 22.1 Å². The van der Waals surface area contributed by atoms with Crippen molar-refractivity contribution in [3.8, 4) is 0 Å². The molecular formula is C22H22N4O. The minimum absolute atomic E-state index is 0.116. The van der Waals surface area contributed by atoms with Crippen LogP contribution < -0.4 is 5.32 Å². The Balaban J connectivity index is 1.95. The molecule has 0 bridgehead atoms. The fourth-order valence-corrected chi connectivity index (χ4v) is 3.32. The predicted octanol–water partition coefficient (Wildman–Crippen LogP) is 3.54. The van der Waals surface area contributed by atoms with Gasteiger partial charge >= 0.3 is 0 Å². The molecule has 0 aliphatic heterocycles. The van der Waals surface area contributed by atoms with Gasteiger partial charge in [0.2, 0.25) is 0 Å². The number of amides is 1. The topological polar surface area (TPSA) is 58.1 Å². The summed E-state index contributed by atoms with van der Waals surface area (Å²) in [6.45, 7) is 3.38. The molecule has 0 aliphatic rings. The summed E-state index contributed by atoms with van der Waals surface area (Å²) in [4.78, 5) is 24.7. The van der Waals surface area contributed by atoms with Crippen LogP contribution in [0.5, 0.6) is 0 Å². The van der Waals surface area contributed by atoms with Crippen molar-refractivity contribution >= 4 is 38.7 Å². The second-order valence-corrected chi connectivity index (χ2v) is 7.07. The lowest BCUT2D eigenvalue weighted by Gasteiger charge is -2.13. The van der Waals surface area contributed by atoms with Crippen molar-refractivity contribution in [2.45, 2.75) is 6.92 Å². The van der Waals surface area contributed by atoms with Crippen molar-refractivity contribution in [3.05, 3.63) is 59.7 Å². The summed E-state index contributed by atoms with van der Waals surface area (Å²) >= 11 is 0. The smallest absolute Gasteiger partial charge is 0.253 e. The molecule has 1 N–H and O–H groups in total. The van der Waals surface area contributed by atoms with Crippen LogP contribution in [0, 0.1) is 6.92 Å². The molecule has 5 heteroatoms. The summed E-state index contributed by atoms with van der Waals surface area (Å²) in [5, 5.41) is 5.00. The van der Waals surface area contributed by atoms with Crippen LogP contribution in [0.25, 0.3) is 32.8 Å². The normalized spacial score (nSPS) is 11.6. The Hall–Kier alpha value is -3.05. The molecule has 0 fully saturated rings. The molecular weight excluding hydrogens is 336 g/mol. The van der Waals surface area contributed by atoms with Gasteiger partial charge in [0.15, 0.2) is 0 Å². The molecule has 0 saturated heterocycles. The molecule has 1 amide bonds. The van der Waals surface area contributed by atoms with E-state index in [4.69, 9.17) is 9.97 Å². The first-order valence-corrected chi connectivity index (χ1v) is 9.06. The first-order valence-electron chi connectivity index (χ1n) is 9.06. The number of nitrogens with zero attached hydrogens (tertiary/aromatic N) is 3. The average molecular weight is 358 g/mol. The van der Waals surface area contributed by atoms with E-state index in [0.29, 0.717) is 17.6 Å². The van der Waals surface area contributed by atoms with E-state index in [-0.39, 0.29) is 5.91 Å². The average Bonchev–Trinajstić information content (AvgIpc) is 2.66. The Morgan fingerprint density at radius 2 is 1.81 bits per heavy atom. The van der Waals surface area contributed by atoms with Crippen LogP contribution in [0.1, 0.15) is 15.9 Å². The molecule has 0 saturated carbocycles. The van der Waals surface area contributed by atoms with Crippen LogP contribution >= 0.6 is 0 Å². The van der Waals surface area contributed by atoms with E-state index in [9.17, 15) is 4.79 Å². The third-order valence-corrected chi connectivity index (χ3v) is 4.76. The molecule has 0 radical (unpaired) electrons. The van der Waals surface area contributed by atoms with E-state index in [2.05, 4.69) is 5.32 Å². The first-order chi connectivity index (χ1) is 13.0. The summed E-state index contributed by atoms with van der Waals surface area (Å²) in [5.74, 6) is -0.116. The zero-order valence-electron chi connectivity index (χ0n) is 15.8. The van der Waals surface area contributed by atoms with Gasteiger partial charge in [-0.2, -0.15) is 0 Å². The first kappa shape index (κ1) is 17.4. The monoisotopic (exact) mass is 358 g/mol. The molecule has 5 nitrogen and oxygen atoms in total. The van der Waals surface area contributed by atoms with Crippen molar-refractivity contribution in [2.75, 3.05) is 27.2 Å². The van der Waals surface area contributed by atoms with E-state index in [1.807, 2.05) is 74.4 Å². The Bertz CT molecular complexity index is 1170. The second-order valence-electron chi connectivity index (χ2n) is 7.07. The van der Waals surface area contributed by atoms with Gasteiger partial charge < -0.3 is 10.2 Å². The number of carbonyl (C=O) groups excluding carboxylic acids is 1. The van der Waals surface area contributed by atoms with E-state index >= 15 is 0 Å². The van der Waals surface area contributed by atoms with Crippen molar-refractivity contribution in [1.82, 2.24) is 20.2 Å². The van der Waals surface area contributed by atoms with E-state index in [1.54, 1.807) is 0 Å². The minimum Gasteiger partial charge on any atom is -0.351 e. The highest BCUT2D eigenvalue weighted by molar-refractivity contribution is 6.15. The summed E-state index contributed by atoms with van der Waals surface area (Å²) in [7, 11) is 3.97. The third-order valence-electron chi connectivity index (χ3n) is 4.76. The maximum absolute atomic E-state index is 12.9. The van der Waals surface area contributed by atoms with Crippen molar-refractivity contribution in [2.24, 2.45) is 0 Å². The fraction of sp³-hybridized carbons (Fsp3) is 0.227. The molecule has 1 heterocycles. The highest BCUT2D eigenvalue weighted by Crippen LogP contribution is 2.28. The maximum atomic E-state index is 12.9. The molecule has 1 aromatic heterocycles. The Kier molecular flexibility index (Phi) is 4.46. The summed E-state index contributed by atoms with van der Waals surface area (Å²) in [6.07, 6.45) is 0. The number of carbonyl (C=O) groups is 1. The van der Waals surface area contributed by atoms with E-state index in [1.165, 1.54) is 0 Å². The highest BCUT2D eigenvalue weighted by Gasteiger charge is 2.16. The Labute approximate surface area is 158 Å². The predicted molar refractivity (Wildman–Crippen MR) is 110 cm³/mol. The number of aromatic nitrogens is 2. The molecule has 0 aliphatic carbocycles. The van der Waals surface area contributed by atoms with Gasteiger partial charge in [-0.25, -0.2) is 9.97 Å². The van der Waals surface area contributed by atoms with Crippen molar-refractivity contribution in [3.63, 3.8) is 0 Å². The van der Waals surface area contributed by atoms with Crippen LogP contribution in [0.2, 0.25) is 0 Å². The van der Waals surface area contributed by atoms with Gasteiger partial charge in [-0.15, -0.1) is 0 Å². The second kappa shape index (κ2) is 6.93. The zero-order valence-corrected chi connectivity index (χ0v) is 15.8. The molecule has 0 atom stereocenters. The lowest BCUT2D eigenvalue weighted by atomic mass is 10.0. The lowest BCUT2D eigenvalue weighted by molar-refractivity contribution is 0.0952. The number of hydrogen-bond donors (Lipinski definition) is 1. The van der Waals surface area contributed by atoms with Crippen LogP contribution in [-0.4, -0.2) is 48.0 Å². The number of para-hydroxylation sites is 1. The molecule has 4 rings (SSSR count). The van der Waals surface area contributed by atoms with Gasteiger partial charge in [0.25, 0.3) is 5.91 Å². The Morgan fingerprint density at radius 1 is 1.00 bits per heavy atom. The molecule has 0 spiro atoms.